The zero-order valence-electron chi connectivity index (χ0n) is 15.0. The lowest BCUT2D eigenvalue weighted by molar-refractivity contribution is -0.137. The van der Waals surface area contributed by atoms with Crippen LogP contribution in [0.1, 0.15) is 46.0 Å². The number of nitrogens with one attached hydrogen (secondary N) is 1. The number of carbonyl (C=O) groups is 2. The third-order valence-electron chi connectivity index (χ3n) is 3.91. The molecule has 1 heterocycles. The second-order valence-corrected chi connectivity index (χ2v) is 6.07. The van der Waals surface area contributed by atoms with E-state index in [1.165, 1.54) is 30.6 Å². The first-order chi connectivity index (χ1) is 12.7. The van der Waals surface area contributed by atoms with Crippen molar-refractivity contribution in [1.29, 1.82) is 0 Å². The van der Waals surface area contributed by atoms with Crippen LogP contribution in [0, 0.1) is 0 Å². The number of alkyl halides is 3. The van der Waals surface area contributed by atoms with Gasteiger partial charge in [-0.05, 0) is 36.8 Å². The van der Waals surface area contributed by atoms with Crippen LogP contribution in [0.25, 0.3) is 0 Å². The zero-order valence-corrected chi connectivity index (χ0v) is 15.0. The second-order valence-electron chi connectivity index (χ2n) is 6.07. The normalized spacial score (nSPS) is 11.1. The Bertz CT molecular complexity index is 805. The molecule has 0 aliphatic heterocycles. The Labute approximate surface area is 155 Å². The summed E-state index contributed by atoms with van der Waals surface area (Å²) in [6.45, 7) is 2.61. The van der Waals surface area contributed by atoms with Crippen LogP contribution < -0.4 is 5.32 Å². The highest BCUT2D eigenvalue weighted by Gasteiger charge is 2.30. The molecule has 0 saturated carbocycles. The van der Waals surface area contributed by atoms with E-state index in [1.807, 2.05) is 6.92 Å². The first-order valence-electron chi connectivity index (χ1n) is 8.41. The van der Waals surface area contributed by atoms with Crippen LogP contribution in [-0.4, -0.2) is 35.3 Å². The number of carbonyl (C=O) groups excluding carboxylic acids is 2. The van der Waals surface area contributed by atoms with Crippen molar-refractivity contribution in [2.75, 3.05) is 18.9 Å². The van der Waals surface area contributed by atoms with Crippen molar-refractivity contribution in [3.63, 3.8) is 0 Å². The predicted octanol–water partition coefficient (Wildman–Crippen LogP) is 4.22. The van der Waals surface area contributed by atoms with E-state index in [2.05, 4.69) is 10.3 Å². The molecular weight excluding hydrogens is 359 g/mol. The minimum Gasteiger partial charge on any atom is -0.342 e. The van der Waals surface area contributed by atoms with E-state index >= 15 is 0 Å². The van der Waals surface area contributed by atoms with Gasteiger partial charge in [0.2, 0.25) is 0 Å². The van der Waals surface area contributed by atoms with E-state index in [4.69, 9.17) is 0 Å². The van der Waals surface area contributed by atoms with Gasteiger partial charge in [-0.1, -0.05) is 13.3 Å². The molecule has 0 radical (unpaired) electrons. The Kier molecular flexibility index (Phi) is 6.55. The van der Waals surface area contributed by atoms with E-state index in [0.717, 1.165) is 25.0 Å². The lowest BCUT2D eigenvalue weighted by Crippen LogP contribution is -2.28. The van der Waals surface area contributed by atoms with Crippen LogP contribution in [0.5, 0.6) is 0 Å². The van der Waals surface area contributed by atoms with Gasteiger partial charge < -0.3 is 10.2 Å². The third kappa shape index (κ3) is 5.54. The third-order valence-corrected chi connectivity index (χ3v) is 3.91. The van der Waals surface area contributed by atoms with Gasteiger partial charge >= 0.3 is 6.18 Å². The Balaban J connectivity index is 2.10. The molecule has 0 aliphatic carbocycles. The van der Waals surface area contributed by atoms with Gasteiger partial charge in [0.05, 0.1) is 16.7 Å². The monoisotopic (exact) mass is 379 g/mol. The summed E-state index contributed by atoms with van der Waals surface area (Å²) < 4.78 is 37.7. The standard InChI is InChI=1S/C19H20F3N3O2/c1-3-4-9-25(2)18(27)14-10-13(11-23-12-14)17(26)24-16-7-5-15(6-8-16)19(20,21)22/h5-8,10-12H,3-4,9H2,1-2H3,(H,24,26). The van der Waals surface area contributed by atoms with E-state index in [-0.39, 0.29) is 22.7 Å². The second kappa shape index (κ2) is 8.66. The SMILES string of the molecule is CCCCN(C)C(=O)c1cncc(C(=O)Nc2ccc(C(F)(F)F)cc2)c1. The predicted molar refractivity (Wildman–Crippen MR) is 95.5 cm³/mol. The minimum atomic E-state index is -4.44. The molecule has 1 aromatic carbocycles. The first-order valence-corrected chi connectivity index (χ1v) is 8.41. The Hall–Kier alpha value is -2.90. The van der Waals surface area contributed by atoms with Crippen LogP contribution in [0.2, 0.25) is 0 Å². The first kappa shape index (κ1) is 20.4. The van der Waals surface area contributed by atoms with Gasteiger partial charge in [0.1, 0.15) is 0 Å². The van der Waals surface area contributed by atoms with Crippen molar-refractivity contribution in [3.05, 3.63) is 59.4 Å². The van der Waals surface area contributed by atoms with E-state index in [1.54, 1.807) is 11.9 Å². The number of nitrogens with zero attached hydrogens (tertiary/aromatic N) is 2. The number of unbranched alkanes of at least 4 members (excludes halogenated alkanes) is 1. The summed E-state index contributed by atoms with van der Waals surface area (Å²) in [7, 11) is 1.67. The van der Waals surface area contributed by atoms with Crippen LogP contribution in [-0.2, 0) is 6.18 Å². The molecule has 0 bridgehead atoms. The van der Waals surface area contributed by atoms with Gasteiger partial charge in [-0.15, -0.1) is 0 Å². The summed E-state index contributed by atoms with van der Waals surface area (Å²) in [4.78, 5) is 30.2. The molecule has 0 fully saturated rings. The number of amides is 2. The number of pyridine rings is 1. The topological polar surface area (TPSA) is 62.3 Å². The lowest BCUT2D eigenvalue weighted by Gasteiger charge is -2.16. The number of benzene rings is 1. The number of aromatic nitrogens is 1. The number of hydrogen-bond acceptors (Lipinski definition) is 3. The van der Waals surface area contributed by atoms with Crippen LogP contribution in [0.3, 0.4) is 0 Å². The van der Waals surface area contributed by atoms with E-state index in [0.29, 0.717) is 6.54 Å². The van der Waals surface area contributed by atoms with Crippen molar-refractivity contribution in [2.24, 2.45) is 0 Å². The quantitative estimate of drug-likeness (QED) is 0.817. The Morgan fingerprint density at radius 3 is 2.33 bits per heavy atom. The molecule has 2 rings (SSSR count). The maximum Gasteiger partial charge on any atom is 0.416 e. The molecule has 2 aromatic rings. The van der Waals surface area contributed by atoms with Gasteiger partial charge in [0, 0.05) is 31.7 Å². The Morgan fingerprint density at radius 1 is 1.11 bits per heavy atom. The number of halogens is 3. The highest BCUT2D eigenvalue weighted by molar-refractivity contribution is 6.05. The lowest BCUT2D eigenvalue weighted by atomic mass is 10.1. The van der Waals surface area contributed by atoms with Crippen molar-refractivity contribution in [3.8, 4) is 0 Å². The molecule has 1 aromatic heterocycles. The molecular formula is C19H20F3N3O2. The van der Waals surface area contributed by atoms with Gasteiger partial charge in [-0.3, -0.25) is 14.6 Å². The highest BCUT2D eigenvalue weighted by atomic mass is 19.4. The Morgan fingerprint density at radius 2 is 1.74 bits per heavy atom. The molecule has 1 N–H and O–H groups in total. The summed E-state index contributed by atoms with van der Waals surface area (Å²) in [6.07, 6.45) is 0.0437. The molecule has 2 amide bonds. The molecule has 27 heavy (non-hydrogen) atoms. The smallest absolute Gasteiger partial charge is 0.342 e. The summed E-state index contributed by atoms with van der Waals surface area (Å²) >= 11 is 0. The van der Waals surface area contributed by atoms with Crippen molar-refractivity contribution in [1.82, 2.24) is 9.88 Å². The number of hydrogen-bond donors (Lipinski definition) is 1. The fourth-order valence-electron chi connectivity index (χ4n) is 2.34. The van der Waals surface area contributed by atoms with Crippen molar-refractivity contribution >= 4 is 17.5 Å². The molecule has 8 heteroatoms. The van der Waals surface area contributed by atoms with Crippen LogP contribution in [0.15, 0.2) is 42.7 Å². The van der Waals surface area contributed by atoms with E-state index < -0.39 is 17.6 Å². The van der Waals surface area contributed by atoms with Gasteiger partial charge in [0.25, 0.3) is 11.8 Å². The van der Waals surface area contributed by atoms with Crippen LogP contribution >= 0.6 is 0 Å². The fourth-order valence-corrected chi connectivity index (χ4v) is 2.34. The summed E-state index contributed by atoms with van der Waals surface area (Å²) in [5, 5.41) is 2.50. The number of rotatable bonds is 6. The molecule has 5 nitrogen and oxygen atoms in total. The van der Waals surface area contributed by atoms with Gasteiger partial charge in [-0.2, -0.15) is 13.2 Å². The fraction of sp³-hybridized carbons (Fsp3) is 0.316. The average Bonchev–Trinajstić information content (AvgIpc) is 2.65. The molecule has 144 valence electrons. The maximum atomic E-state index is 12.6. The molecule has 0 aliphatic rings. The number of anilines is 1. The maximum absolute atomic E-state index is 12.6. The average molecular weight is 379 g/mol. The van der Waals surface area contributed by atoms with Gasteiger partial charge in [0.15, 0.2) is 0 Å². The molecule has 0 unspecified atom stereocenters. The van der Waals surface area contributed by atoms with Crippen LogP contribution in [0.4, 0.5) is 18.9 Å². The highest BCUT2D eigenvalue weighted by Crippen LogP contribution is 2.29. The summed E-state index contributed by atoms with van der Waals surface area (Å²) in [6, 6.07) is 5.52. The molecule has 0 saturated heterocycles. The zero-order chi connectivity index (χ0) is 20.0. The van der Waals surface area contributed by atoms with Gasteiger partial charge in [-0.25, -0.2) is 0 Å². The van der Waals surface area contributed by atoms with Crippen molar-refractivity contribution in [2.45, 2.75) is 25.9 Å². The van der Waals surface area contributed by atoms with E-state index in [9.17, 15) is 22.8 Å². The summed E-state index contributed by atoms with van der Waals surface area (Å²) in [5.74, 6) is -0.812. The van der Waals surface area contributed by atoms with Crippen molar-refractivity contribution < 1.29 is 22.8 Å². The molecule has 0 spiro atoms. The summed E-state index contributed by atoms with van der Waals surface area (Å²) in [5.41, 5.74) is -0.173. The molecule has 0 atom stereocenters. The largest absolute Gasteiger partial charge is 0.416 e. The minimum absolute atomic E-state index is 0.143.